The third-order valence-corrected chi connectivity index (χ3v) is 5.43. The van der Waals surface area contributed by atoms with Gasteiger partial charge in [0, 0.05) is 32.2 Å². The first kappa shape index (κ1) is 26.3. The number of rotatable bonds is 9. The molecule has 7 heteroatoms. The molecule has 0 bridgehead atoms. The molecule has 1 heterocycles. The topological polar surface area (TPSA) is 58.1 Å². The van der Waals surface area contributed by atoms with Gasteiger partial charge in [-0.25, -0.2) is 4.99 Å². The van der Waals surface area contributed by atoms with E-state index in [1.165, 1.54) is 5.56 Å². The molecule has 0 saturated carbocycles. The number of guanidine groups is 1. The molecule has 2 aromatic rings. The van der Waals surface area contributed by atoms with Crippen LogP contribution in [0.2, 0.25) is 0 Å². The zero-order valence-electron chi connectivity index (χ0n) is 19.4. The van der Waals surface area contributed by atoms with Crippen molar-refractivity contribution in [2.75, 3.05) is 33.3 Å². The average Bonchev–Trinajstić information content (AvgIpc) is 2.80. The number of nitrogens with one attached hydrogen (secondary N) is 2. The quantitative estimate of drug-likeness (QED) is 0.276. The lowest BCUT2D eigenvalue weighted by atomic mass is 10.0. The van der Waals surface area contributed by atoms with Crippen LogP contribution in [0, 0.1) is 0 Å². The second-order valence-electron chi connectivity index (χ2n) is 7.98. The molecule has 2 N–H and O–H groups in total. The fraction of sp³-hybridized carbons (Fsp3) is 0.480. The Morgan fingerprint density at radius 2 is 1.72 bits per heavy atom. The molecule has 0 radical (unpaired) electrons. The highest BCUT2D eigenvalue weighted by molar-refractivity contribution is 14.0. The van der Waals surface area contributed by atoms with Crippen molar-refractivity contribution in [3.8, 4) is 11.5 Å². The minimum Gasteiger partial charge on any atom is -0.493 e. The largest absolute Gasteiger partial charge is 0.493 e. The molecule has 0 spiro atoms. The number of piperidine rings is 1. The highest BCUT2D eigenvalue weighted by Crippen LogP contribution is 2.26. The maximum Gasteiger partial charge on any atom is 0.191 e. The lowest BCUT2D eigenvalue weighted by molar-refractivity contribution is 0.198. The number of benzene rings is 2. The van der Waals surface area contributed by atoms with Crippen LogP contribution in [0.5, 0.6) is 11.5 Å². The Morgan fingerprint density at radius 3 is 2.38 bits per heavy atom. The zero-order valence-corrected chi connectivity index (χ0v) is 21.8. The lowest BCUT2D eigenvalue weighted by Gasteiger charge is -2.33. The summed E-state index contributed by atoms with van der Waals surface area (Å²) in [5, 5.41) is 6.98. The van der Waals surface area contributed by atoms with Crippen LogP contribution in [-0.2, 0) is 6.54 Å². The van der Waals surface area contributed by atoms with Crippen LogP contribution in [0.4, 0.5) is 0 Å². The Balaban J connectivity index is 0.00000363. The SMILES string of the molecule is CCNC(=NCC(C)Oc1ccccc1OC)NC1CCN(Cc2ccccc2)CC1.I. The van der Waals surface area contributed by atoms with Crippen molar-refractivity contribution < 1.29 is 9.47 Å². The number of ether oxygens (including phenoxy) is 2. The molecule has 0 aromatic heterocycles. The molecule has 1 atom stereocenters. The number of halogens is 1. The van der Waals surface area contributed by atoms with Crippen molar-refractivity contribution in [2.45, 2.75) is 45.4 Å². The highest BCUT2D eigenvalue weighted by atomic mass is 127. The van der Waals surface area contributed by atoms with Crippen LogP contribution in [0.25, 0.3) is 0 Å². The maximum absolute atomic E-state index is 6.03. The first-order valence-corrected chi connectivity index (χ1v) is 11.3. The van der Waals surface area contributed by atoms with Crippen LogP contribution in [-0.4, -0.2) is 56.3 Å². The van der Waals surface area contributed by atoms with E-state index in [0.29, 0.717) is 12.6 Å². The first-order valence-electron chi connectivity index (χ1n) is 11.3. The Labute approximate surface area is 209 Å². The lowest BCUT2D eigenvalue weighted by Crippen LogP contribution is -2.48. The Morgan fingerprint density at radius 1 is 1.06 bits per heavy atom. The molecule has 1 saturated heterocycles. The number of hydrogen-bond donors (Lipinski definition) is 2. The van der Waals surface area contributed by atoms with Gasteiger partial charge in [0.15, 0.2) is 17.5 Å². The van der Waals surface area contributed by atoms with Gasteiger partial charge in [-0.1, -0.05) is 42.5 Å². The van der Waals surface area contributed by atoms with Gasteiger partial charge in [0.05, 0.1) is 13.7 Å². The van der Waals surface area contributed by atoms with Crippen LogP contribution < -0.4 is 20.1 Å². The smallest absolute Gasteiger partial charge is 0.191 e. The molecule has 1 aliphatic heterocycles. The summed E-state index contributed by atoms with van der Waals surface area (Å²) in [6.07, 6.45) is 2.18. The molecule has 0 aliphatic carbocycles. The normalized spacial score (nSPS) is 16.0. The van der Waals surface area contributed by atoms with Crippen molar-refractivity contribution in [3.05, 3.63) is 60.2 Å². The number of likely N-dealkylation sites (tertiary alicyclic amines) is 1. The molecular weight excluding hydrogens is 515 g/mol. The molecule has 1 aliphatic rings. The second kappa shape index (κ2) is 14.2. The van der Waals surface area contributed by atoms with Crippen molar-refractivity contribution in [2.24, 2.45) is 4.99 Å². The minimum absolute atomic E-state index is 0. The predicted molar refractivity (Wildman–Crippen MR) is 142 cm³/mol. The van der Waals surface area contributed by atoms with Gasteiger partial charge in [0.25, 0.3) is 0 Å². The summed E-state index contributed by atoms with van der Waals surface area (Å²) >= 11 is 0. The van der Waals surface area contributed by atoms with Gasteiger partial charge >= 0.3 is 0 Å². The van der Waals surface area contributed by atoms with E-state index in [0.717, 1.165) is 56.5 Å². The van der Waals surface area contributed by atoms with E-state index in [1.807, 2.05) is 31.2 Å². The number of aliphatic imine (C=N–C) groups is 1. The van der Waals surface area contributed by atoms with Gasteiger partial charge in [0.1, 0.15) is 6.10 Å². The van der Waals surface area contributed by atoms with Crippen molar-refractivity contribution >= 4 is 29.9 Å². The van der Waals surface area contributed by atoms with E-state index in [4.69, 9.17) is 14.5 Å². The molecular formula is C25H37IN4O2. The summed E-state index contributed by atoms with van der Waals surface area (Å²) < 4.78 is 11.4. The average molecular weight is 553 g/mol. The molecule has 176 valence electrons. The number of methoxy groups -OCH3 is 1. The third-order valence-electron chi connectivity index (χ3n) is 5.43. The summed E-state index contributed by atoms with van der Waals surface area (Å²) in [4.78, 5) is 7.29. The van der Waals surface area contributed by atoms with E-state index >= 15 is 0 Å². The van der Waals surface area contributed by atoms with E-state index in [1.54, 1.807) is 7.11 Å². The summed E-state index contributed by atoms with van der Waals surface area (Å²) in [6.45, 7) is 8.74. The van der Waals surface area contributed by atoms with E-state index in [9.17, 15) is 0 Å². The maximum atomic E-state index is 6.03. The van der Waals surface area contributed by atoms with Gasteiger partial charge in [-0.15, -0.1) is 24.0 Å². The predicted octanol–water partition coefficient (Wildman–Crippen LogP) is 4.30. The fourth-order valence-corrected chi connectivity index (χ4v) is 3.78. The van der Waals surface area contributed by atoms with Crippen LogP contribution in [0.15, 0.2) is 59.6 Å². The van der Waals surface area contributed by atoms with E-state index in [2.05, 4.69) is 52.8 Å². The molecule has 1 unspecified atom stereocenters. The van der Waals surface area contributed by atoms with Crippen molar-refractivity contribution in [3.63, 3.8) is 0 Å². The zero-order chi connectivity index (χ0) is 21.9. The molecule has 1 fully saturated rings. The monoisotopic (exact) mass is 552 g/mol. The first-order chi connectivity index (χ1) is 15.2. The van der Waals surface area contributed by atoms with Crippen LogP contribution in [0.3, 0.4) is 0 Å². The standard InChI is InChI=1S/C25H36N4O2.HI/c1-4-26-25(27-18-20(2)31-24-13-9-8-12-23(24)30-3)28-22-14-16-29(17-15-22)19-21-10-6-5-7-11-21;/h5-13,20,22H,4,14-19H2,1-3H3,(H2,26,27,28);1H. The van der Waals surface area contributed by atoms with E-state index < -0.39 is 0 Å². The summed E-state index contributed by atoms with van der Waals surface area (Å²) in [7, 11) is 1.66. The molecule has 3 rings (SSSR count). The molecule has 0 amide bonds. The van der Waals surface area contributed by atoms with E-state index in [-0.39, 0.29) is 30.1 Å². The minimum atomic E-state index is -0.0560. The van der Waals surface area contributed by atoms with Crippen LogP contribution >= 0.6 is 24.0 Å². The number of para-hydroxylation sites is 2. The van der Waals surface area contributed by atoms with Gasteiger partial charge in [-0.3, -0.25) is 4.90 Å². The Kier molecular flexibility index (Phi) is 11.7. The highest BCUT2D eigenvalue weighted by Gasteiger charge is 2.20. The summed E-state index contributed by atoms with van der Waals surface area (Å²) in [5.74, 6) is 2.35. The van der Waals surface area contributed by atoms with Gasteiger partial charge in [-0.2, -0.15) is 0 Å². The van der Waals surface area contributed by atoms with Crippen molar-refractivity contribution in [1.82, 2.24) is 15.5 Å². The second-order valence-corrected chi connectivity index (χ2v) is 7.98. The van der Waals surface area contributed by atoms with Gasteiger partial charge in [0.2, 0.25) is 0 Å². The van der Waals surface area contributed by atoms with Gasteiger partial charge in [-0.05, 0) is 44.4 Å². The van der Waals surface area contributed by atoms with Crippen LogP contribution in [0.1, 0.15) is 32.3 Å². The third kappa shape index (κ3) is 8.50. The van der Waals surface area contributed by atoms with Crippen molar-refractivity contribution in [1.29, 1.82) is 0 Å². The molecule has 2 aromatic carbocycles. The van der Waals surface area contributed by atoms with Gasteiger partial charge < -0.3 is 20.1 Å². The summed E-state index contributed by atoms with van der Waals surface area (Å²) in [6, 6.07) is 18.9. The molecule has 32 heavy (non-hydrogen) atoms. The Bertz CT molecular complexity index is 811. The number of hydrogen-bond acceptors (Lipinski definition) is 4. The summed E-state index contributed by atoms with van der Waals surface area (Å²) in [5.41, 5.74) is 1.38. The Hall–Kier alpha value is -2.00. The fourth-order valence-electron chi connectivity index (χ4n) is 3.78. The molecule has 6 nitrogen and oxygen atoms in total. The number of nitrogens with zero attached hydrogens (tertiary/aromatic N) is 2.